The number of hydrogen-bond acceptors (Lipinski definition) is 4. The van der Waals surface area contributed by atoms with Crippen LogP contribution in [0.1, 0.15) is 24.2 Å². The van der Waals surface area contributed by atoms with Crippen molar-refractivity contribution in [2.45, 2.75) is 20.0 Å². The highest BCUT2D eigenvalue weighted by molar-refractivity contribution is 6.43. The summed E-state index contributed by atoms with van der Waals surface area (Å²) in [5.41, 5.74) is 0.116. The van der Waals surface area contributed by atoms with Crippen LogP contribution >= 0.6 is 23.2 Å². The molecule has 0 spiro atoms. The minimum atomic E-state index is -0.948. The summed E-state index contributed by atoms with van der Waals surface area (Å²) in [5.74, 6) is -1.02. The molecule has 1 heterocycles. The molecular formula is C16H18Cl2N2O4. The van der Waals surface area contributed by atoms with Crippen molar-refractivity contribution in [3.63, 3.8) is 0 Å². The zero-order chi connectivity index (χ0) is 17.9. The molecule has 1 aliphatic rings. The molecule has 0 aliphatic carbocycles. The first-order valence-corrected chi connectivity index (χ1v) is 8.26. The second-order valence-corrected chi connectivity index (χ2v) is 6.27. The van der Waals surface area contributed by atoms with Gasteiger partial charge in [-0.05, 0) is 19.1 Å². The minimum absolute atomic E-state index is 0.0165. The number of piperazine rings is 1. The van der Waals surface area contributed by atoms with Crippen molar-refractivity contribution in [3.8, 4) is 0 Å². The van der Waals surface area contributed by atoms with Crippen molar-refractivity contribution >= 4 is 41.0 Å². The number of benzene rings is 1. The fourth-order valence-corrected chi connectivity index (χ4v) is 2.81. The van der Waals surface area contributed by atoms with Gasteiger partial charge in [0.1, 0.15) is 0 Å². The van der Waals surface area contributed by atoms with E-state index < -0.39 is 12.1 Å². The number of nitrogens with zero attached hydrogens (tertiary/aromatic N) is 2. The van der Waals surface area contributed by atoms with Gasteiger partial charge in [0.05, 0.1) is 15.6 Å². The molecule has 2 rings (SSSR count). The van der Waals surface area contributed by atoms with Crippen LogP contribution in [0.25, 0.3) is 0 Å². The predicted molar refractivity (Wildman–Crippen MR) is 90.2 cm³/mol. The molecule has 1 aromatic rings. The maximum atomic E-state index is 12.4. The zero-order valence-electron chi connectivity index (χ0n) is 13.4. The van der Waals surface area contributed by atoms with E-state index in [1.54, 1.807) is 21.9 Å². The molecule has 1 atom stereocenters. The van der Waals surface area contributed by atoms with Crippen LogP contribution in [0.15, 0.2) is 18.2 Å². The lowest BCUT2D eigenvalue weighted by molar-refractivity contribution is -0.144. The van der Waals surface area contributed by atoms with Gasteiger partial charge in [0.25, 0.3) is 5.91 Å². The van der Waals surface area contributed by atoms with Gasteiger partial charge in [0.2, 0.25) is 5.91 Å². The summed E-state index contributed by atoms with van der Waals surface area (Å²) in [4.78, 5) is 39.1. The molecule has 24 heavy (non-hydrogen) atoms. The topological polar surface area (TPSA) is 66.9 Å². The Labute approximate surface area is 150 Å². The molecule has 1 fully saturated rings. The van der Waals surface area contributed by atoms with E-state index in [1.165, 1.54) is 19.9 Å². The van der Waals surface area contributed by atoms with Gasteiger partial charge in [0, 0.05) is 33.1 Å². The molecule has 130 valence electrons. The molecule has 6 nitrogen and oxygen atoms in total. The van der Waals surface area contributed by atoms with Crippen LogP contribution in [0, 0.1) is 0 Å². The number of carbonyl (C=O) groups is 3. The summed E-state index contributed by atoms with van der Waals surface area (Å²) >= 11 is 11.9. The van der Waals surface area contributed by atoms with Gasteiger partial charge >= 0.3 is 5.97 Å². The predicted octanol–water partition coefficient (Wildman–Crippen LogP) is 2.23. The molecule has 0 aromatic heterocycles. The van der Waals surface area contributed by atoms with Crippen molar-refractivity contribution in [3.05, 3.63) is 33.8 Å². The van der Waals surface area contributed by atoms with Crippen LogP contribution in [-0.4, -0.2) is 59.9 Å². The Kier molecular flexibility index (Phi) is 6.07. The highest BCUT2D eigenvalue weighted by Gasteiger charge is 2.28. The number of esters is 1. The number of halogens is 2. The van der Waals surface area contributed by atoms with E-state index in [4.69, 9.17) is 27.9 Å². The summed E-state index contributed by atoms with van der Waals surface area (Å²) < 4.78 is 5.21. The van der Waals surface area contributed by atoms with Crippen molar-refractivity contribution in [1.29, 1.82) is 0 Å². The normalized spacial score (nSPS) is 15.8. The molecule has 0 bridgehead atoms. The maximum Gasteiger partial charge on any atom is 0.340 e. The first kappa shape index (κ1) is 18.5. The Morgan fingerprint density at radius 1 is 1.08 bits per heavy atom. The third kappa shape index (κ3) is 4.19. The second kappa shape index (κ2) is 7.85. The van der Waals surface area contributed by atoms with E-state index in [2.05, 4.69) is 0 Å². The van der Waals surface area contributed by atoms with Gasteiger partial charge < -0.3 is 14.5 Å². The summed E-state index contributed by atoms with van der Waals surface area (Å²) in [7, 11) is 0. The molecule has 1 unspecified atom stereocenters. The SMILES string of the molecule is CC(=O)N1CCN(C(=O)C(C)OC(=O)c2cccc(Cl)c2Cl)CC1. The van der Waals surface area contributed by atoms with Crippen LogP contribution in [-0.2, 0) is 14.3 Å². The van der Waals surface area contributed by atoms with Crippen molar-refractivity contribution in [1.82, 2.24) is 9.80 Å². The Bertz CT molecular complexity index is 657. The summed E-state index contributed by atoms with van der Waals surface area (Å²) in [5, 5.41) is 0.337. The number of hydrogen-bond donors (Lipinski definition) is 0. The van der Waals surface area contributed by atoms with Crippen molar-refractivity contribution in [2.24, 2.45) is 0 Å². The van der Waals surface area contributed by atoms with Gasteiger partial charge in [-0.15, -0.1) is 0 Å². The average molecular weight is 373 g/mol. The molecule has 2 amide bonds. The molecular weight excluding hydrogens is 355 g/mol. The quantitative estimate of drug-likeness (QED) is 0.763. The average Bonchev–Trinajstić information content (AvgIpc) is 2.56. The molecule has 0 saturated carbocycles. The Morgan fingerprint density at radius 2 is 1.67 bits per heavy atom. The highest BCUT2D eigenvalue weighted by atomic mass is 35.5. The minimum Gasteiger partial charge on any atom is -0.449 e. The number of rotatable bonds is 3. The Balaban J connectivity index is 1.95. The third-order valence-electron chi connectivity index (χ3n) is 3.84. The fraction of sp³-hybridized carbons (Fsp3) is 0.438. The Morgan fingerprint density at radius 3 is 2.25 bits per heavy atom. The lowest BCUT2D eigenvalue weighted by Crippen LogP contribution is -2.52. The summed E-state index contributed by atoms with van der Waals surface area (Å²) in [6.07, 6.45) is -0.948. The van der Waals surface area contributed by atoms with E-state index in [0.717, 1.165) is 0 Å². The smallest absolute Gasteiger partial charge is 0.340 e. The lowest BCUT2D eigenvalue weighted by Gasteiger charge is -2.35. The second-order valence-electron chi connectivity index (χ2n) is 5.48. The summed E-state index contributed by atoms with van der Waals surface area (Å²) in [6, 6.07) is 4.63. The summed E-state index contributed by atoms with van der Waals surface area (Å²) in [6.45, 7) is 4.78. The van der Waals surface area contributed by atoms with Gasteiger partial charge in [0.15, 0.2) is 6.10 Å². The van der Waals surface area contributed by atoms with E-state index >= 15 is 0 Å². The van der Waals surface area contributed by atoms with Crippen molar-refractivity contribution in [2.75, 3.05) is 26.2 Å². The van der Waals surface area contributed by atoms with E-state index in [9.17, 15) is 14.4 Å². The van der Waals surface area contributed by atoms with Gasteiger partial charge in [-0.2, -0.15) is 0 Å². The number of ether oxygens (including phenoxy) is 1. The van der Waals surface area contributed by atoms with Crippen LogP contribution in [0.2, 0.25) is 10.0 Å². The Hall–Kier alpha value is -1.79. The molecule has 8 heteroatoms. The van der Waals surface area contributed by atoms with Crippen LogP contribution in [0.4, 0.5) is 0 Å². The van der Waals surface area contributed by atoms with E-state index in [1.807, 2.05) is 0 Å². The molecule has 1 saturated heterocycles. The largest absolute Gasteiger partial charge is 0.449 e. The van der Waals surface area contributed by atoms with Crippen LogP contribution in [0.5, 0.6) is 0 Å². The number of carbonyl (C=O) groups excluding carboxylic acids is 3. The first-order valence-electron chi connectivity index (χ1n) is 7.50. The van der Waals surface area contributed by atoms with Gasteiger partial charge in [-0.25, -0.2) is 4.79 Å². The molecule has 1 aliphatic heterocycles. The third-order valence-corrected chi connectivity index (χ3v) is 4.66. The van der Waals surface area contributed by atoms with E-state index in [0.29, 0.717) is 26.2 Å². The molecule has 0 N–H and O–H groups in total. The lowest BCUT2D eigenvalue weighted by atomic mass is 10.2. The van der Waals surface area contributed by atoms with Gasteiger partial charge in [-0.3, -0.25) is 9.59 Å². The standard InChI is InChI=1S/C16H18Cl2N2O4/c1-10(15(22)20-8-6-19(7-9-20)11(2)21)24-16(23)12-4-3-5-13(17)14(12)18/h3-5,10H,6-9H2,1-2H3. The van der Waals surface area contributed by atoms with Gasteiger partial charge in [-0.1, -0.05) is 29.3 Å². The molecule has 0 radical (unpaired) electrons. The first-order chi connectivity index (χ1) is 11.3. The van der Waals surface area contributed by atoms with E-state index in [-0.39, 0.29) is 27.4 Å². The monoisotopic (exact) mass is 372 g/mol. The molecule has 1 aromatic carbocycles. The zero-order valence-corrected chi connectivity index (χ0v) is 14.9. The highest BCUT2D eigenvalue weighted by Crippen LogP contribution is 2.26. The number of amides is 2. The van der Waals surface area contributed by atoms with Crippen molar-refractivity contribution < 1.29 is 19.1 Å². The van der Waals surface area contributed by atoms with Crippen LogP contribution in [0.3, 0.4) is 0 Å². The van der Waals surface area contributed by atoms with Crippen LogP contribution < -0.4 is 0 Å². The maximum absolute atomic E-state index is 12.4. The fourth-order valence-electron chi connectivity index (χ4n) is 2.43.